The number of aliphatic hydroxyl groups excluding tert-OH is 2. The van der Waals surface area contributed by atoms with Crippen LogP contribution in [0.15, 0.2) is 23.3 Å². The topological polar surface area (TPSA) is 58.9 Å². The molecular weight excluding hydrogens is 376 g/mol. The Labute approximate surface area is 181 Å². The van der Waals surface area contributed by atoms with Gasteiger partial charge in [0, 0.05) is 18.4 Å². The predicted molar refractivity (Wildman–Crippen MR) is 117 cm³/mol. The predicted octanol–water partition coefficient (Wildman–Crippen LogP) is 4.75. The van der Waals surface area contributed by atoms with Crippen LogP contribution in [-0.4, -0.2) is 41.4 Å². The van der Waals surface area contributed by atoms with Gasteiger partial charge in [-0.3, -0.25) is 0 Å². The summed E-state index contributed by atoms with van der Waals surface area (Å²) in [5, 5.41) is 21.2. The van der Waals surface area contributed by atoms with E-state index in [0.29, 0.717) is 30.6 Å². The summed E-state index contributed by atoms with van der Waals surface area (Å²) in [7, 11) is 0. The molecule has 5 aliphatic rings. The summed E-state index contributed by atoms with van der Waals surface area (Å²) in [4.78, 5) is 0. The number of hydrogen-bond acceptors (Lipinski definition) is 4. The molecule has 4 heteroatoms. The van der Waals surface area contributed by atoms with Gasteiger partial charge in [-0.2, -0.15) is 0 Å². The van der Waals surface area contributed by atoms with Crippen molar-refractivity contribution in [1.29, 1.82) is 0 Å². The lowest BCUT2D eigenvalue weighted by Crippen LogP contribution is -2.52. The zero-order valence-corrected chi connectivity index (χ0v) is 19.0. The van der Waals surface area contributed by atoms with Crippen LogP contribution in [0.3, 0.4) is 0 Å². The van der Waals surface area contributed by atoms with E-state index >= 15 is 0 Å². The summed E-state index contributed by atoms with van der Waals surface area (Å²) in [5.74, 6) is 1.55. The average molecular weight is 417 g/mol. The van der Waals surface area contributed by atoms with Crippen LogP contribution < -0.4 is 0 Å². The zero-order chi connectivity index (χ0) is 21.1. The molecule has 0 bridgehead atoms. The third-order valence-electron chi connectivity index (χ3n) is 9.79. The van der Waals surface area contributed by atoms with Gasteiger partial charge in [0.15, 0.2) is 6.29 Å². The lowest BCUT2D eigenvalue weighted by atomic mass is 9.49. The molecule has 4 aliphatic carbocycles. The zero-order valence-electron chi connectivity index (χ0n) is 19.0. The van der Waals surface area contributed by atoms with Crippen LogP contribution in [0.25, 0.3) is 0 Å². The molecule has 2 N–H and O–H groups in total. The Bertz CT molecular complexity index is 723. The molecule has 9 atom stereocenters. The molecule has 30 heavy (non-hydrogen) atoms. The van der Waals surface area contributed by atoms with Crippen molar-refractivity contribution in [2.75, 3.05) is 6.61 Å². The number of hydrogen-bond donors (Lipinski definition) is 2. The standard InChI is InChI=1S/C26H40O4/c1-16(30-24-6-4-5-13-29-24)20-9-10-21-19-8-7-17-14-18(27)15-23(28)26(17,3)22(19)11-12-25(20,21)2/h7-8,16,18,20-24,27-28H,4-6,9-15H2,1-3H3/t16-,18+,20+,21-,22-,23-,24?,25+,26-/m0/s1. The maximum Gasteiger partial charge on any atom is 0.157 e. The normalized spacial score (nSPS) is 49.4. The Balaban J connectivity index is 1.38. The van der Waals surface area contributed by atoms with Gasteiger partial charge in [-0.1, -0.05) is 37.1 Å². The molecule has 5 rings (SSSR count). The van der Waals surface area contributed by atoms with E-state index in [1.807, 2.05) is 0 Å². The SMILES string of the molecule is C[C@H](OC1CCCCO1)[C@H]1CC[C@H]2C3=CC=C4C[C@@H](O)C[C@H](O)[C@]4(C)[C@H]3CC[C@]12C. The van der Waals surface area contributed by atoms with Crippen molar-refractivity contribution in [2.45, 2.75) is 103 Å². The summed E-state index contributed by atoms with van der Waals surface area (Å²) in [6.07, 6.45) is 13.3. The smallest absolute Gasteiger partial charge is 0.157 e. The van der Waals surface area contributed by atoms with E-state index in [1.165, 1.54) is 31.3 Å². The van der Waals surface area contributed by atoms with E-state index in [0.717, 1.165) is 25.9 Å². The van der Waals surface area contributed by atoms with Gasteiger partial charge in [-0.25, -0.2) is 0 Å². The maximum atomic E-state index is 11.0. The fourth-order valence-electron chi connectivity index (χ4n) is 8.01. The molecule has 0 aromatic rings. The fraction of sp³-hybridized carbons (Fsp3) is 0.846. The van der Waals surface area contributed by atoms with Gasteiger partial charge in [0.1, 0.15) is 0 Å². The van der Waals surface area contributed by atoms with Gasteiger partial charge in [0.05, 0.1) is 18.3 Å². The molecule has 0 spiro atoms. The van der Waals surface area contributed by atoms with Gasteiger partial charge in [-0.15, -0.1) is 0 Å². The molecule has 1 saturated heterocycles. The van der Waals surface area contributed by atoms with E-state index in [-0.39, 0.29) is 23.2 Å². The highest BCUT2D eigenvalue weighted by atomic mass is 16.7. The van der Waals surface area contributed by atoms with Gasteiger partial charge in [-0.05, 0) is 81.5 Å². The van der Waals surface area contributed by atoms with Crippen molar-refractivity contribution in [2.24, 2.45) is 28.6 Å². The van der Waals surface area contributed by atoms with Crippen molar-refractivity contribution in [3.05, 3.63) is 23.3 Å². The third-order valence-corrected chi connectivity index (χ3v) is 9.79. The van der Waals surface area contributed by atoms with E-state index in [4.69, 9.17) is 9.47 Å². The van der Waals surface area contributed by atoms with Crippen LogP contribution in [0.5, 0.6) is 0 Å². The highest BCUT2D eigenvalue weighted by Crippen LogP contribution is 2.65. The second-order valence-electron chi connectivity index (χ2n) is 11.2. The Morgan fingerprint density at radius 2 is 1.90 bits per heavy atom. The summed E-state index contributed by atoms with van der Waals surface area (Å²) in [6, 6.07) is 0. The molecule has 4 fully saturated rings. The number of allylic oxidation sites excluding steroid dienone is 3. The largest absolute Gasteiger partial charge is 0.393 e. The van der Waals surface area contributed by atoms with Gasteiger partial charge in [0.25, 0.3) is 0 Å². The monoisotopic (exact) mass is 416 g/mol. The molecule has 4 nitrogen and oxygen atoms in total. The number of rotatable bonds is 3. The average Bonchev–Trinajstić information content (AvgIpc) is 3.07. The van der Waals surface area contributed by atoms with E-state index in [1.54, 1.807) is 5.57 Å². The van der Waals surface area contributed by atoms with Crippen molar-refractivity contribution in [1.82, 2.24) is 0 Å². The van der Waals surface area contributed by atoms with Crippen molar-refractivity contribution in [3.8, 4) is 0 Å². The molecule has 0 amide bonds. The van der Waals surface area contributed by atoms with Crippen LogP contribution in [0.1, 0.15) is 78.6 Å². The Morgan fingerprint density at radius 1 is 1.07 bits per heavy atom. The molecular formula is C26H40O4. The van der Waals surface area contributed by atoms with Crippen LogP contribution in [0.2, 0.25) is 0 Å². The molecule has 168 valence electrons. The van der Waals surface area contributed by atoms with E-state index in [9.17, 15) is 10.2 Å². The van der Waals surface area contributed by atoms with Gasteiger partial charge < -0.3 is 19.7 Å². The molecule has 0 aromatic carbocycles. The quantitative estimate of drug-likeness (QED) is 0.697. The lowest BCUT2D eigenvalue weighted by Gasteiger charge is -2.56. The first-order chi connectivity index (χ1) is 14.3. The van der Waals surface area contributed by atoms with Crippen molar-refractivity contribution in [3.63, 3.8) is 0 Å². The second kappa shape index (κ2) is 7.72. The van der Waals surface area contributed by atoms with Crippen molar-refractivity contribution < 1.29 is 19.7 Å². The molecule has 1 heterocycles. The maximum absolute atomic E-state index is 11.0. The first-order valence-electron chi connectivity index (χ1n) is 12.4. The van der Waals surface area contributed by atoms with Gasteiger partial charge in [0.2, 0.25) is 0 Å². The minimum atomic E-state index is -0.450. The Hall–Kier alpha value is -0.680. The van der Waals surface area contributed by atoms with Crippen LogP contribution in [-0.2, 0) is 9.47 Å². The fourth-order valence-corrected chi connectivity index (χ4v) is 8.01. The molecule has 1 aliphatic heterocycles. The molecule has 1 unspecified atom stereocenters. The van der Waals surface area contributed by atoms with E-state index in [2.05, 4.69) is 32.9 Å². The summed E-state index contributed by atoms with van der Waals surface area (Å²) in [6.45, 7) is 7.86. The third kappa shape index (κ3) is 3.17. The molecule has 0 aromatic heterocycles. The van der Waals surface area contributed by atoms with Crippen molar-refractivity contribution >= 4 is 0 Å². The Kier molecular flexibility index (Phi) is 5.45. The first kappa shape index (κ1) is 21.2. The molecule has 0 radical (unpaired) electrons. The number of fused-ring (bicyclic) bond motifs is 5. The lowest BCUT2D eigenvalue weighted by molar-refractivity contribution is -0.202. The highest BCUT2D eigenvalue weighted by molar-refractivity contribution is 5.40. The number of ether oxygens (including phenoxy) is 2. The number of aliphatic hydroxyl groups is 2. The summed E-state index contributed by atoms with van der Waals surface area (Å²) >= 11 is 0. The van der Waals surface area contributed by atoms with Crippen LogP contribution in [0, 0.1) is 28.6 Å². The highest BCUT2D eigenvalue weighted by Gasteiger charge is 2.59. The minimum Gasteiger partial charge on any atom is -0.393 e. The van der Waals surface area contributed by atoms with Gasteiger partial charge >= 0.3 is 0 Å². The Morgan fingerprint density at radius 3 is 2.67 bits per heavy atom. The van der Waals surface area contributed by atoms with Crippen LogP contribution in [0.4, 0.5) is 0 Å². The van der Waals surface area contributed by atoms with E-state index < -0.39 is 12.2 Å². The summed E-state index contributed by atoms with van der Waals surface area (Å²) in [5.41, 5.74) is 2.87. The summed E-state index contributed by atoms with van der Waals surface area (Å²) < 4.78 is 12.3. The first-order valence-corrected chi connectivity index (χ1v) is 12.4. The second-order valence-corrected chi connectivity index (χ2v) is 11.2. The van der Waals surface area contributed by atoms with Crippen LogP contribution >= 0.6 is 0 Å². The molecule has 3 saturated carbocycles. The minimum absolute atomic E-state index is 0.0187.